The molecule has 7 heteroatoms. The standard InChI is InChI=1S/C18H27N3O2S.ClH/c1-13(19)14-4-8-20(9-5-14)17(22)2-3-18(23)21-10-6-16-15(12-21)7-11-24-16;/h7,11,13-14H,2-6,8-10,12,19H2,1H3;1H. The highest BCUT2D eigenvalue weighted by Crippen LogP contribution is 2.25. The van der Waals surface area contributed by atoms with Gasteiger partial charge < -0.3 is 15.5 Å². The number of nitrogens with two attached hydrogens (primary N) is 1. The zero-order valence-electron chi connectivity index (χ0n) is 14.8. The topological polar surface area (TPSA) is 66.6 Å². The maximum atomic E-state index is 12.4. The van der Waals surface area contributed by atoms with Gasteiger partial charge in [0.25, 0.3) is 0 Å². The molecular formula is C18H28ClN3O2S. The zero-order valence-corrected chi connectivity index (χ0v) is 16.4. The van der Waals surface area contributed by atoms with E-state index in [1.807, 2.05) is 16.7 Å². The molecule has 2 amide bonds. The Kier molecular flexibility index (Phi) is 7.28. The number of rotatable bonds is 4. The van der Waals surface area contributed by atoms with Gasteiger partial charge in [0.2, 0.25) is 11.8 Å². The van der Waals surface area contributed by atoms with Crippen molar-refractivity contribution in [2.24, 2.45) is 11.7 Å². The van der Waals surface area contributed by atoms with E-state index in [0.717, 1.165) is 38.9 Å². The van der Waals surface area contributed by atoms with E-state index in [9.17, 15) is 9.59 Å². The number of hydrogen-bond donors (Lipinski definition) is 1. The molecule has 1 saturated heterocycles. The third-order valence-corrected chi connectivity index (χ3v) is 6.37. The number of nitrogens with zero attached hydrogens (tertiary/aromatic N) is 2. The molecule has 1 fully saturated rings. The summed E-state index contributed by atoms with van der Waals surface area (Å²) in [5.41, 5.74) is 7.21. The van der Waals surface area contributed by atoms with E-state index in [-0.39, 0.29) is 30.3 Å². The van der Waals surface area contributed by atoms with Crippen LogP contribution in [0.5, 0.6) is 0 Å². The van der Waals surface area contributed by atoms with Crippen molar-refractivity contribution in [2.45, 2.75) is 51.6 Å². The molecule has 2 aliphatic rings. The van der Waals surface area contributed by atoms with Crippen LogP contribution in [0.1, 0.15) is 43.0 Å². The van der Waals surface area contributed by atoms with Crippen LogP contribution in [0.15, 0.2) is 11.4 Å². The van der Waals surface area contributed by atoms with Crippen LogP contribution < -0.4 is 5.73 Å². The number of likely N-dealkylation sites (tertiary alicyclic amines) is 1. The molecule has 1 aromatic rings. The van der Waals surface area contributed by atoms with E-state index in [0.29, 0.717) is 25.3 Å². The smallest absolute Gasteiger partial charge is 0.223 e. The second kappa shape index (κ2) is 9.01. The summed E-state index contributed by atoms with van der Waals surface area (Å²) in [4.78, 5) is 29.9. The van der Waals surface area contributed by atoms with E-state index >= 15 is 0 Å². The number of fused-ring (bicyclic) bond motifs is 1. The van der Waals surface area contributed by atoms with Crippen LogP contribution in [-0.4, -0.2) is 47.3 Å². The van der Waals surface area contributed by atoms with Gasteiger partial charge in [-0.25, -0.2) is 0 Å². The van der Waals surface area contributed by atoms with E-state index in [2.05, 4.69) is 11.4 Å². The van der Waals surface area contributed by atoms with Crippen LogP contribution in [0.3, 0.4) is 0 Å². The largest absolute Gasteiger partial charge is 0.343 e. The van der Waals surface area contributed by atoms with Gasteiger partial charge in [0.1, 0.15) is 0 Å². The molecule has 3 heterocycles. The minimum absolute atomic E-state index is 0. The molecule has 0 saturated carbocycles. The van der Waals surface area contributed by atoms with Gasteiger partial charge in [-0.15, -0.1) is 23.7 Å². The molecular weight excluding hydrogens is 358 g/mol. The number of carbonyl (C=O) groups is 2. The molecule has 0 bridgehead atoms. The van der Waals surface area contributed by atoms with E-state index < -0.39 is 0 Å². The highest BCUT2D eigenvalue weighted by atomic mass is 35.5. The van der Waals surface area contributed by atoms with Crippen molar-refractivity contribution < 1.29 is 9.59 Å². The highest BCUT2D eigenvalue weighted by Gasteiger charge is 2.26. The average Bonchev–Trinajstić information content (AvgIpc) is 3.07. The monoisotopic (exact) mass is 385 g/mol. The normalized spacial score (nSPS) is 19.1. The summed E-state index contributed by atoms with van der Waals surface area (Å²) in [5.74, 6) is 0.731. The zero-order chi connectivity index (χ0) is 17.1. The van der Waals surface area contributed by atoms with Crippen molar-refractivity contribution in [3.63, 3.8) is 0 Å². The highest BCUT2D eigenvalue weighted by molar-refractivity contribution is 7.10. The first-order valence-electron chi connectivity index (χ1n) is 8.91. The third kappa shape index (κ3) is 4.96. The lowest BCUT2D eigenvalue weighted by molar-refractivity contribution is -0.138. The van der Waals surface area contributed by atoms with Gasteiger partial charge in [-0.05, 0) is 49.1 Å². The number of carbonyl (C=O) groups excluding carboxylic acids is 2. The van der Waals surface area contributed by atoms with Gasteiger partial charge in [-0.2, -0.15) is 0 Å². The molecule has 25 heavy (non-hydrogen) atoms. The first-order valence-corrected chi connectivity index (χ1v) is 9.79. The summed E-state index contributed by atoms with van der Waals surface area (Å²) in [6, 6.07) is 2.30. The first kappa shape index (κ1) is 20.2. The number of amides is 2. The van der Waals surface area contributed by atoms with Crippen LogP contribution >= 0.6 is 23.7 Å². The van der Waals surface area contributed by atoms with E-state index in [4.69, 9.17) is 5.73 Å². The van der Waals surface area contributed by atoms with Crippen molar-refractivity contribution in [1.82, 2.24) is 9.80 Å². The lowest BCUT2D eigenvalue weighted by atomic mass is 9.91. The predicted molar refractivity (Wildman–Crippen MR) is 103 cm³/mol. The minimum Gasteiger partial charge on any atom is -0.343 e. The summed E-state index contributed by atoms with van der Waals surface area (Å²) in [5, 5.41) is 2.09. The van der Waals surface area contributed by atoms with Gasteiger partial charge in [0.05, 0.1) is 0 Å². The molecule has 5 nitrogen and oxygen atoms in total. The Balaban J connectivity index is 0.00000225. The van der Waals surface area contributed by atoms with Crippen LogP contribution in [-0.2, 0) is 22.6 Å². The van der Waals surface area contributed by atoms with Crippen LogP contribution in [0, 0.1) is 5.92 Å². The van der Waals surface area contributed by atoms with Crippen LogP contribution in [0.2, 0.25) is 0 Å². The Hall–Kier alpha value is -1.11. The molecule has 1 aromatic heterocycles. The van der Waals surface area contributed by atoms with Crippen LogP contribution in [0.4, 0.5) is 0 Å². The summed E-state index contributed by atoms with van der Waals surface area (Å²) >= 11 is 1.77. The van der Waals surface area contributed by atoms with Gasteiger partial charge in [-0.3, -0.25) is 9.59 Å². The fourth-order valence-corrected chi connectivity index (χ4v) is 4.56. The predicted octanol–water partition coefficient (Wildman–Crippen LogP) is 2.42. The van der Waals surface area contributed by atoms with E-state index in [1.165, 1.54) is 10.4 Å². The van der Waals surface area contributed by atoms with Crippen LogP contribution in [0.25, 0.3) is 0 Å². The molecule has 0 aromatic carbocycles. The van der Waals surface area contributed by atoms with Crippen molar-refractivity contribution >= 4 is 35.6 Å². The van der Waals surface area contributed by atoms with Crippen molar-refractivity contribution in [1.29, 1.82) is 0 Å². The molecule has 0 aliphatic carbocycles. The first-order chi connectivity index (χ1) is 11.5. The summed E-state index contributed by atoms with van der Waals surface area (Å²) in [6.07, 6.45) is 3.55. The third-order valence-electron chi connectivity index (χ3n) is 5.35. The number of halogens is 1. The SMILES string of the molecule is CC(N)C1CCN(C(=O)CCC(=O)N2CCc3sccc3C2)CC1.Cl. The lowest BCUT2D eigenvalue weighted by Gasteiger charge is -2.34. The summed E-state index contributed by atoms with van der Waals surface area (Å²) in [7, 11) is 0. The average molecular weight is 386 g/mol. The van der Waals surface area contributed by atoms with Gasteiger partial charge in [0.15, 0.2) is 0 Å². The van der Waals surface area contributed by atoms with Gasteiger partial charge in [0, 0.05) is 49.9 Å². The Morgan fingerprint density at radius 2 is 1.84 bits per heavy atom. The number of hydrogen-bond acceptors (Lipinski definition) is 4. The second-order valence-corrected chi connectivity index (χ2v) is 8.01. The molecule has 3 rings (SSSR count). The Bertz CT molecular complexity index is 597. The fourth-order valence-electron chi connectivity index (χ4n) is 3.67. The number of piperidine rings is 1. The van der Waals surface area contributed by atoms with Crippen molar-refractivity contribution in [3.05, 3.63) is 21.9 Å². The van der Waals surface area contributed by atoms with E-state index in [1.54, 1.807) is 11.3 Å². The quantitative estimate of drug-likeness (QED) is 0.865. The Labute approximate surface area is 160 Å². The van der Waals surface area contributed by atoms with Gasteiger partial charge in [-0.1, -0.05) is 0 Å². The second-order valence-electron chi connectivity index (χ2n) is 7.01. The molecule has 1 unspecified atom stereocenters. The maximum Gasteiger partial charge on any atom is 0.223 e. The fraction of sp³-hybridized carbons (Fsp3) is 0.667. The van der Waals surface area contributed by atoms with Crippen molar-refractivity contribution in [2.75, 3.05) is 19.6 Å². The molecule has 0 spiro atoms. The molecule has 1 atom stereocenters. The number of thiophene rings is 1. The van der Waals surface area contributed by atoms with Crippen molar-refractivity contribution in [3.8, 4) is 0 Å². The minimum atomic E-state index is 0. The molecule has 2 N–H and O–H groups in total. The molecule has 0 radical (unpaired) electrons. The lowest BCUT2D eigenvalue weighted by Crippen LogP contribution is -2.43. The Morgan fingerprint density at radius 3 is 2.48 bits per heavy atom. The summed E-state index contributed by atoms with van der Waals surface area (Å²) in [6.45, 7) is 5.08. The van der Waals surface area contributed by atoms with Gasteiger partial charge >= 0.3 is 0 Å². The maximum absolute atomic E-state index is 12.4. The Morgan fingerprint density at radius 1 is 1.20 bits per heavy atom. The molecule has 140 valence electrons. The summed E-state index contributed by atoms with van der Waals surface area (Å²) < 4.78 is 0. The molecule has 2 aliphatic heterocycles.